The van der Waals surface area contributed by atoms with Gasteiger partial charge in [-0.25, -0.2) is 0 Å². The molecule has 5 nitrogen and oxygen atoms in total. The number of methoxy groups -OCH3 is 2. The topological polar surface area (TPSA) is 62.3 Å². The van der Waals surface area contributed by atoms with Gasteiger partial charge in [-0.2, -0.15) is 5.10 Å². The van der Waals surface area contributed by atoms with Crippen molar-refractivity contribution in [2.45, 2.75) is 0 Å². The molecule has 3 rings (SSSR count). The second kappa shape index (κ2) is 5.01. The van der Waals surface area contributed by atoms with Crippen LogP contribution >= 0.6 is 0 Å². The molecule has 108 valence electrons. The van der Waals surface area contributed by atoms with Gasteiger partial charge in [0, 0.05) is 28.9 Å². The maximum Gasteiger partial charge on any atom is 0.134 e. The van der Waals surface area contributed by atoms with Gasteiger partial charge in [0.25, 0.3) is 0 Å². The van der Waals surface area contributed by atoms with Crippen LogP contribution in [-0.2, 0) is 7.05 Å². The summed E-state index contributed by atoms with van der Waals surface area (Å²) in [5.74, 6) is 2.14. The molecule has 21 heavy (non-hydrogen) atoms. The Kier molecular flexibility index (Phi) is 3.17. The highest BCUT2D eigenvalue weighted by Crippen LogP contribution is 2.43. The maximum atomic E-state index is 6.10. The monoisotopic (exact) mass is 283 g/mol. The van der Waals surface area contributed by atoms with E-state index in [9.17, 15) is 0 Å². The normalized spacial score (nSPS) is 10.8. The van der Waals surface area contributed by atoms with Gasteiger partial charge in [0.2, 0.25) is 0 Å². The fraction of sp³-hybridized carbons (Fsp3) is 0.188. The number of aromatic nitrogens is 2. The number of anilines is 1. The SMILES string of the molecule is COc1cc(-c2cnn(C)c2N)c(OC)c2ccccc12. The first-order chi connectivity index (χ1) is 10.2. The maximum absolute atomic E-state index is 6.10. The number of nitrogens with zero attached hydrogens (tertiary/aromatic N) is 2. The van der Waals surface area contributed by atoms with Gasteiger partial charge in [-0.1, -0.05) is 24.3 Å². The van der Waals surface area contributed by atoms with E-state index in [-0.39, 0.29) is 0 Å². The van der Waals surface area contributed by atoms with Crippen molar-refractivity contribution in [2.24, 2.45) is 7.05 Å². The lowest BCUT2D eigenvalue weighted by Gasteiger charge is -2.14. The lowest BCUT2D eigenvalue weighted by atomic mass is 10.00. The minimum atomic E-state index is 0.589. The summed E-state index contributed by atoms with van der Waals surface area (Å²) in [6, 6.07) is 9.90. The van der Waals surface area contributed by atoms with Gasteiger partial charge < -0.3 is 15.2 Å². The molecule has 0 atom stereocenters. The number of hydrogen-bond donors (Lipinski definition) is 1. The van der Waals surface area contributed by atoms with E-state index in [1.165, 1.54) is 0 Å². The van der Waals surface area contributed by atoms with Crippen LogP contribution in [0.15, 0.2) is 36.5 Å². The van der Waals surface area contributed by atoms with Gasteiger partial charge >= 0.3 is 0 Å². The number of rotatable bonds is 3. The van der Waals surface area contributed by atoms with Gasteiger partial charge in [-0.3, -0.25) is 4.68 Å². The minimum absolute atomic E-state index is 0.589. The molecular formula is C16H17N3O2. The fourth-order valence-electron chi connectivity index (χ4n) is 2.56. The van der Waals surface area contributed by atoms with E-state index in [4.69, 9.17) is 15.2 Å². The zero-order valence-corrected chi connectivity index (χ0v) is 12.3. The molecule has 0 saturated heterocycles. The molecule has 1 aromatic heterocycles. The van der Waals surface area contributed by atoms with Crippen LogP contribution in [0.3, 0.4) is 0 Å². The lowest BCUT2D eigenvalue weighted by molar-refractivity contribution is 0.412. The number of aryl methyl sites for hydroxylation is 1. The van der Waals surface area contributed by atoms with Crippen molar-refractivity contribution in [2.75, 3.05) is 20.0 Å². The number of benzene rings is 2. The van der Waals surface area contributed by atoms with Crippen molar-refractivity contribution in [3.05, 3.63) is 36.5 Å². The van der Waals surface area contributed by atoms with Crippen molar-refractivity contribution in [1.82, 2.24) is 9.78 Å². The van der Waals surface area contributed by atoms with Gasteiger partial charge in [-0.05, 0) is 6.07 Å². The molecule has 0 aliphatic carbocycles. The molecule has 2 aromatic carbocycles. The van der Waals surface area contributed by atoms with Crippen molar-refractivity contribution >= 4 is 16.6 Å². The summed E-state index contributed by atoms with van der Waals surface area (Å²) in [6.07, 6.45) is 1.74. The molecule has 3 aromatic rings. The van der Waals surface area contributed by atoms with Crippen molar-refractivity contribution in [3.8, 4) is 22.6 Å². The highest BCUT2D eigenvalue weighted by Gasteiger charge is 2.18. The van der Waals surface area contributed by atoms with E-state index in [1.807, 2.05) is 37.4 Å². The average molecular weight is 283 g/mol. The fourth-order valence-corrected chi connectivity index (χ4v) is 2.56. The molecule has 2 N–H and O–H groups in total. The van der Waals surface area contributed by atoms with E-state index >= 15 is 0 Å². The van der Waals surface area contributed by atoms with Crippen LogP contribution < -0.4 is 15.2 Å². The molecule has 0 saturated carbocycles. The Morgan fingerprint density at radius 1 is 1.05 bits per heavy atom. The summed E-state index contributed by atoms with van der Waals surface area (Å²) in [7, 11) is 5.12. The Bertz CT molecular complexity index is 809. The van der Waals surface area contributed by atoms with E-state index in [0.29, 0.717) is 5.82 Å². The van der Waals surface area contributed by atoms with Crippen molar-refractivity contribution < 1.29 is 9.47 Å². The van der Waals surface area contributed by atoms with Gasteiger partial charge in [0.1, 0.15) is 17.3 Å². The number of hydrogen-bond acceptors (Lipinski definition) is 4. The number of fused-ring (bicyclic) bond motifs is 1. The van der Waals surface area contributed by atoms with Crippen LogP contribution in [0.5, 0.6) is 11.5 Å². The second-order valence-electron chi connectivity index (χ2n) is 4.77. The standard InChI is InChI=1S/C16H17N3O2/c1-19-16(17)13(9-18-19)12-8-14(20-2)10-6-4-5-7-11(10)15(12)21-3/h4-9H,17H2,1-3H3. The van der Waals surface area contributed by atoms with Crippen molar-refractivity contribution in [1.29, 1.82) is 0 Å². The largest absolute Gasteiger partial charge is 0.496 e. The van der Waals surface area contributed by atoms with Gasteiger partial charge in [0.05, 0.1) is 20.4 Å². The minimum Gasteiger partial charge on any atom is -0.496 e. The van der Waals surface area contributed by atoms with Crippen LogP contribution in [-0.4, -0.2) is 24.0 Å². The number of nitrogen functional groups attached to an aromatic ring is 1. The predicted octanol–water partition coefficient (Wildman–Crippen LogP) is 2.84. The van der Waals surface area contributed by atoms with Crippen LogP contribution in [0.2, 0.25) is 0 Å². The first-order valence-corrected chi connectivity index (χ1v) is 6.59. The molecule has 5 heteroatoms. The molecule has 0 spiro atoms. The third-order valence-corrected chi connectivity index (χ3v) is 3.66. The highest BCUT2D eigenvalue weighted by atomic mass is 16.5. The Balaban J connectivity index is 2.39. The van der Waals surface area contributed by atoms with E-state index in [1.54, 1.807) is 25.1 Å². The van der Waals surface area contributed by atoms with E-state index in [2.05, 4.69) is 5.10 Å². The molecule has 1 heterocycles. The quantitative estimate of drug-likeness (QED) is 0.803. The summed E-state index contributed by atoms with van der Waals surface area (Å²) in [6.45, 7) is 0. The molecule has 0 bridgehead atoms. The zero-order valence-electron chi connectivity index (χ0n) is 12.3. The molecule has 0 radical (unpaired) electrons. The third kappa shape index (κ3) is 1.98. The van der Waals surface area contributed by atoms with Crippen LogP contribution in [0.1, 0.15) is 0 Å². The van der Waals surface area contributed by atoms with Crippen LogP contribution in [0.25, 0.3) is 21.9 Å². The summed E-state index contributed by atoms with van der Waals surface area (Å²) >= 11 is 0. The molecule has 0 fully saturated rings. The number of ether oxygens (including phenoxy) is 2. The first kappa shape index (κ1) is 13.3. The molecule has 0 aliphatic heterocycles. The van der Waals surface area contributed by atoms with Gasteiger partial charge in [-0.15, -0.1) is 0 Å². The third-order valence-electron chi connectivity index (χ3n) is 3.66. The summed E-state index contributed by atoms with van der Waals surface area (Å²) in [4.78, 5) is 0. The first-order valence-electron chi connectivity index (χ1n) is 6.59. The Hall–Kier alpha value is -2.69. The Morgan fingerprint density at radius 2 is 1.76 bits per heavy atom. The summed E-state index contributed by atoms with van der Waals surface area (Å²) < 4.78 is 12.8. The zero-order chi connectivity index (χ0) is 15.0. The molecule has 0 amide bonds. The Labute approximate surface area is 122 Å². The predicted molar refractivity (Wildman–Crippen MR) is 83.7 cm³/mol. The second-order valence-corrected chi connectivity index (χ2v) is 4.77. The lowest BCUT2D eigenvalue weighted by Crippen LogP contribution is -1.99. The highest BCUT2D eigenvalue weighted by molar-refractivity contribution is 6.00. The summed E-state index contributed by atoms with van der Waals surface area (Å²) in [5.41, 5.74) is 7.80. The molecular weight excluding hydrogens is 266 g/mol. The van der Waals surface area contributed by atoms with Crippen LogP contribution in [0, 0.1) is 0 Å². The van der Waals surface area contributed by atoms with E-state index < -0.39 is 0 Å². The average Bonchev–Trinajstić information content (AvgIpc) is 2.85. The number of nitrogens with two attached hydrogens (primary N) is 1. The van der Waals surface area contributed by atoms with E-state index in [0.717, 1.165) is 33.4 Å². The molecule has 0 unspecified atom stereocenters. The van der Waals surface area contributed by atoms with Crippen molar-refractivity contribution in [3.63, 3.8) is 0 Å². The Morgan fingerprint density at radius 3 is 2.33 bits per heavy atom. The van der Waals surface area contributed by atoms with Crippen LogP contribution in [0.4, 0.5) is 5.82 Å². The van der Waals surface area contributed by atoms with Gasteiger partial charge in [0.15, 0.2) is 0 Å². The smallest absolute Gasteiger partial charge is 0.134 e. The molecule has 0 aliphatic rings. The summed E-state index contributed by atoms with van der Waals surface area (Å²) in [5, 5.41) is 6.19.